The van der Waals surface area contributed by atoms with Gasteiger partial charge in [-0.2, -0.15) is 5.10 Å². The number of aromatic nitrogens is 4. The van der Waals surface area contributed by atoms with Crippen LogP contribution < -0.4 is 21.3 Å². The van der Waals surface area contributed by atoms with Gasteiger partial charge in [-0.15, -0.1) is 8.78 Å². The van der Waals surface area contributed by atoms with Gasteiger partial charge in [0.25, 0.3) is 5.91 Å². The van der Waals surface area contributed by atoms with Gasteiger partial charge in [0.15, 0.2) is 0 Å². The number of ether oxygens (including phenoxy) is 1. The Kier molecular flexibility index (Phi) is 6.39. The zero-order valence-corrected chi connectivity index (χ0v) is 18.4. The summed E-state index contributed by atoms with van der Waals surface area (Å²) in [4.78, 5) is 21.6. The summed E-state index contributed by atoms with van der Waals surface area (Å²) in [7, 11) is 1.79. The lowest BCUT2D eigenvalue weighted by molar-refractivity contribution is -0.0964. The highest BCUT2D eigenvalue weighted by Gasteiger charge is 2.27. The number of nitrogens with zero attached hydrogens (tertiary/aromatic N) is 4. The van der Waals surface area contributed by atoms with E-state index in [0.717, 1.165) is 5.69 Å². The lowest BCUT2D eigenvalue weighted by Gasteiger charge is -2.13. The van der Waals surface area contributed by atoms with Crippen molar-refractivity contribution in [1.82, 2.24) is 19.7 Å². The Labute approximate surface area is 197 Å². The summed E-state index contributed by atoms with van der Waals surface area (Å²) >= 11 is 4.76. The first kappa shape index (κ1) is 23.1. The molecule has 0 aliphatic carbocycles. The first-order valence-corrected chi connectivity index (χ1v) is 10.2. The average Bonchev–Trinajstić information content (AvgIpc) is 3.24. The van der Waals surface area contributed by atoms with Crippen LogP contribution >= 0.6 is 11.6 Å². The average molecular weight is 486 g/mol. The number of halogens is 3. The van der Waals surface area contributed by atoms with Gasteiger partial charge in [0.05, 0.1) is 17.0 Å². The van der Waals surface area contributed by atoms with Crippen LogP contribution in [0.5, 0.6) is 5.75 Å². The highest BCUT2D eigenvalue weighted by Crippen LogP contribution is 2.31. The van der Waals surface area contributed by atoms with Crippen LogP contribution in [0.4, 0.5) is 20.3 Å². The zero-order chi connectivity index (χ0) is 24.3. The molecule has 4 N–H and O–H groups in total. The fourth-order valence-corrected chi connectivity index (χ4v) is 3.29. The molecule has 0 saturated carbocycles. The number of nitrogens with one attached hydrogen (secondary N) is 2. The number of nitrogen functional groups attached to an aromatic ring is 1. The fraction of sp³-hybridized carbons (Fsp3) is 0.0909. The van der Waals surface area contributed by atoms with Crippen molar-refractivity contribution >= 4 is 29.0 Å². The molecule has 1 amide bonds. The number of rotatable bonds is 7. The van der Waals surface area contributed by atoms with Crippen LogP contribution in [-0.2, 0) is 7.05 Å². The lowest BCUT2D eigenvalue weighted by atomic mass is 10.0. The van der Waals surface area contributed by atoms with Crippen molar-refractivity contribution in [3.63, 3.8) is 0 Å². The zero-order valence-electron chi connectivity index (χ0n) is 17.7. The first-order valence-electron chi connectivity index (χ1n) is 9.82. The minimum atomic E-state index is -3.82. The Morgan fingerprint density at radius 2 is 1.88 bits per heavy atom. The van der Waals surface area contributed by atoms with Gasteiger partial charge in [0.1, 0.15) is 11.6 Å². The Bertz CT molecular complexity index is 1310. The molecule has 0 spiro atoms. The highest BCUT2D eigenvalue weighted by molar-refractivity contribution is 6.20. The first-order chi connectivity index (χ1) is 16.2. The van der Waals surface area contributed by atoms with Gasteiger partial charge in [0, 0.05) is 54.1 Å². The molecule has 0 bridgehead atoms. The van der Waals surface area contributed by atoms with E-state index in [1.807, 2.05) is 6.07 Å². The van der Waals surface area contributed by atoms with Crippen LogP contribution in [0, 0.1) is 0 Å². The minimum absolute atomic E-state index is 0.148. The molecule has 0 atom stereocenters. The van der Waals surface area contributed by atoms with Crippen molar-refractivity contribution in [1.29, 1.82) is 0 Å². The smallest absolute Gasteiger partial charge is 0.420 e. The van der Waals surface area contributed by atoms with Crippen molar-refractivity contribution in [3.8, 4) is 28.3 Å². The van der Waals surface area contributed by atoms with Gasteiger partial charge in [-0.3, -0.25) is 14.5 Å². The number of hydrogen-bond donors (Lipinski definition) is 3. The molecule has 0 fully saturated rings. The Hall–Kier alpha value is -4.09. The number of hydrogen-bond acceptors (Lipinski definition) is 7. The number of nitrogens with two attached hydrogens (primary N) is 1. The van der Waals surface area contributed by atoms with E-state index in [2.05, 4.69) is 30.5 Å². The van der Waals surface area contributed by atoms with Crippen LogP contribution in [0.2, 0.25) is 0 Å². The number of carbonyl (C=O) groups is 1. The van der Waals surface area contributed by atoms with Gasteiger partial charge in [-0.05, 0) is 48.5 Å². The molecule has 0 saturated heterocycles. The van der Waals surface area contributed by atoms with Crippen molar-refractivity contribution in [3.05, 3.63) is 72.7 Å². The van der Waals surface area contributed by atoms with Crippen molar-refractivity contribution in [2.45, 2.75) is 5.57 Å². The van der Waals surface area contributed by atoms with E-state index in [1.54, 1.807) is 42.3 Å². The largest absolute Gasteiger partial charge is 0.487 e. The number of pyridine rings is 2. The molecule has 4 aromatic rings. The number of benzene rings is 1. The third kappa shape index (κ3) is 5.27. The lowest BCUT2D eigenvalue weighted by Crippen LogP contribution is -2.16. The molecule has 12 heteroatoms. The third-order valence-electron chi connectivity index (χ3n) is 4.78. The maximum Gasteiger partial charge on any atom is 0.487 e. The summed E-state index contributed by atoms with van der Waals surface area (Å²) in [5.74, 6) is 5.28. The number of anilines is 2. The van der Waals surface area contributed by atoms with Crippen LogP contribution in [0.3, 0.4) is 0 Å². The molecule has 0 radical (unpaired) electrons. The monoisotopic (exact) mass is 485 g/mol. The molecular formula is C22H18ClF2N7O2. The Morgan fingerprint density at radius 1 is 1.12 bits per heavy atom. The van der Waals surface area contributed by atoms with Gasteiger partial charge in [0.2, 0.25) is 0 Å². The maximum atomic E-state index is 12.9. The summed E-state index contributed by atoms with van der Waals surface area (Å²) in [6, 6.07) is 12.3. The van der Waals surface area contributed by atoms with E-state index in [4.69, 9.17) is 17.4 Å². The van der Waals surface area contributed by atoms with Crippen LogP contribution in [0.15, 0.2) is 67.1 Å². The third-order valence-corrected chi connectivity index (χ3v) is 4.86. The predicted octanol–water partition coefficient (Wildman–Crippen LogP) is 4.25. The van der Waals surface area contributed by atoms with E-state index in [9.17, 15) is 13.6 Å². The fourth-order valence-electron chi connectivity index (χ4n) is 3.20. The molecule has 0 aliphatic rings. The number of carbonyl (C=O) groups excluding carboxylic acids is 1. The molecule has 1 aromatic carbocycles. The molecule has 174 valence electrons. The number of amides is 1. The summed E-state index contributed by atoms with van der Waals surface area (Å²) in [6.07, 6.45) is 4.70. The maximum absolute atomic E-state index is 12.9. The van der Waals surface area contributed by atoms with Gasteiger partial charge in [-0.1, -0.05) is 0 Å². The minimum Gasteiger partial charge on any atom is -0.420 e. The summed E-state index contributed by atoms with van der Waals surface area (Å²) < 4.78 is 31.5. The van der Waals surface area contributed by atoms with Crippen LogP contribution in [-0.4, -0.2) is 31.2 Å². The molecule has 0 unspecified atom stereocenters. The van der Waals surface area contributed by atoms with Gasteiger partial charge in [-0.25, -0.2) is 10.8 Å². The summed E-state index contributed by atoms with van der Waals surface area (Å²) in [6.45, 7) is 0. The van der Waals surface area contributed by atoms with Crippen molar-refractivity contribution in [2.75, 3.05) is 10.7 Å². The van der Waals surface area contributed by atoms with Crippen molar-refractivity contribution in [2.24, 2.45) is 12.9 Å². The number of aryl methyl sites for hydroxylation is 1. The topological polar surface area (TPSA) is 120 Å². The molecule has 3 aromatic heterocycles. The van der Waals surface area contributed by atoms with Crippen molar-refractivity contribution < 1.29 is 18.3 Å². The van der Waals surface area contributed by atoms with Crippen LogP contribution in [0.25, 0.3) is 22.5 Å². The van der Waals surface area contributed by atoms with Gasteiger partial charge >= 0.3 is 5.57 Å². The quantitative estimate of drug-likeness (QED) is 0.203. The molecule has 4 rings (SSSR count). The predicted molar refractivity (Wildman–Crippen MR) is 123 cm³/mol. The van der Waals surface area contributed by atoms with E-state index >= 15 is 0 Å². The summed E-state index contributed by atoms with van der Waals surface area (Å²) in [5, 5.41) is 6.88. The van der Waals surface area contributed by atoms with E-state index in [-0.39, 0.29) is 11.3 Å². The molecule has 3 heterocycles. The molecule has 34 heavy (non-hydrogen) atoms. The second-order valence-corrected chi connectivity index (χ2v) is 7.50. The van der Waals surface area contributed by atoms with E-state index in [1.165, 1.54) is 30.5 Å². The number of hydrazine groups is 1. The molecule has 9 nitrogen and oxygen atoms in total. The summed E-state index contributed by atoms with van der Waals surface area (Å²) in [5.41, 5.74) is 2.00. The second-order valence-electron chi connectivity index (χ2n) is 7.06. The standard InChI is InChI=1S/C22H18ClF2N7O2/c1-32-18(8-9-29-32)20-17(13-2-7-19(31-26)27-11-13)10-14(12-28-20)21(33)30-15-3-5-16(6-4-15)34-22(23,24)25/h2-12H,26H2,1H3,(H,27,31)(H,30,33). The highest BCUT2D eigenvalue weighted by atomic mass is 35.5. The number of alkyl halides is 3. The normalized spacial score (nSPS) is 11.2. The Morgan fingerprint density at radius 3 is 2.47 bits per heavy atom. The molecule has 0 aliphatic heterocycles. The molecular weight excluding hydrogens is 468 g/mol. The Balaban J connectivity index is 1.64. The van der Waals surface area contributed by atoms with Crippen LogP contribution in [0.1, 0.15) is 10.4 Å². The second kappa shape index (κ2) is 9.41. The van der Waals surface area contributed by atoms with E-state index in [0.29, 0.717) is 28.3 Å². The van der Waals surface area contributed by atoms with Gasteiger partial charge < -0.3 is 15.5 Å². The SMILES string of the molecule is Cn1nccc1-c1ncc(C(=O)Nc2ccc(OC(F)(F)Cl)cc2)cc1-c1ccc(NN)nc1. The van der Waals surface area contributed by atoms with E-state index < -0.39 is 11.5 Å².